The first-order valence-corrected chi connectivity index (χ1v) is 6.20. The molecule has 2 atom stereocenters. The predicted molar refractivity (Wildman–Crippen MR) is 50.2 cm³/mol. The van der Waals surface area contributed by atoms with Crippen LogP contribution in [0.25, 0.3) is 0 Å². The second-order valence-electron chi connectivity index (χ2n) is 4.17. The molecule has 2 unspecified atom stereocenters. The van der Waals surface area contributed by atoms with Gasteiger partial charge < -0.3 is 4.90 Å². The second kappa shape index (κ2) is 3.44. The monoisotopic (exact) mass is 221 g/mol. The topological polar surface area (TPSA) is 66.8 Å². The first-order chi connectivity index (χ1) is 6.46. The minimum Gasteiger partial charge on any atom is -0.300 e. The van der Waals surface area contributed by atoms with Crippen LogP contribution in [0.2, 0.25) is 0 Å². The van der Waals surface area contributed by atoms with Gasteiger partial charge in [0.25, 0.3) is 0 Å². The first-order valence-electron chi connectivity index (χ1n) is 4.83. The maximum Gasteiger partial charge on any atom is 0.397 e. The number of piperidine rings is 1. The van der Waals surface area contributed by atoms with E-state index in [1.807, 2.05) is 0 Å². The molecule has 2 bridgehead atoms. The van der Waals surface area contributed by atoms with Crippen molar-refractivity contribution in [3.8, 4) is 0 Å². The van der Waals surface area contributed by atoms with E-state index in [0.29, 0.717) is 24.9 Å². The van der Waals surface area contributed by atoms with Gasteiger partial charge in [-0.15, -0.1) is 0 Å². The van der Waals surface area contributed by atoms with Crippen molar-refractivity contribution in [3.05, 3.63) is 0 Å². The third kappa shape index (κ3) is 2.08. The van der Waals surface area contributed by atoms with Gasteiger partial charge in [-0.1, -0.05) is 0 Å². The van der Waals surface area contributed by atoms with Crippen LogP contribution in [0.4, 0.5) is 0 Å². The highest BCUT2D eigenvalue weighted by Gasteiger charge is 2.40. The Kier molecular flexibility index (Phi) is 2.55. The molecule has 0 aliphatic carbocycles. The summed E-state index contributed by atoms with van der Waals surface area (Å²) in [7, 11) is -2.22. The summed E-state index contributed by atoms with van der Waals surface area (Å²) in [5, 5.41) is 0. The van der Waals surface area contributed by atoms with E-state index < -0.39 is 10.4 Å². The van der Waals surface area contributed by atoms with Gasteiger partial charge >= 0.3 is 10.4 Å². The molecule has 0 aromatic carbocycles. The zero-order chi connectivity index (χ0) is 10.3. The zero-order valence-corrected chi connectivity index (χ0v) is 8.90. The maximum atomic E-state index is 10.5. The van der Waals surface area contributed by atoms with Crippen molar-refractivity contribution in [3.63, 3.8) is 0 Å². The molecule has 2 rings (SSSR count). The molecular weight excluding hydrogens is 206 g/mol. The third-order valence-electron chi connectivity index (χ3n) is 3.31. The number of hydrogen-bond acceptors (Lipinski definition) is 4. The van der Waals surface area contributed by atoms with E-state index in [2.05, 4.69) is 16.1 Å². The Morgan fingerprint density at radius 3 is 2.21 bits per heavy atom. The molecule has 14 heavy (non-hydrogen) atoms. The van der Waals surface area contributed by atoms with E-state index in [1.165, 1.54) is 0 Å². The van der Waals surface area contributed by atoms with Crippen molar-refractivity contribution < 1.29 is 17.2 Å². The molecule has 0 amide bonds. The van der Waals surface area contributed by atoms with Gasteiger partial charge in [0, 0.05) is 12.1 Å². The van der Waals surface area contributed by atoms with Crippen molar-refractivity contribution in [2.24, 2.45) is 0 Å². The molecule has 2 fully saturated rings. The lowest BCUT2D eigenvalue weighted by Gasteiger charge is -2.35. The minimum atomic E-state index is -4.28. The van der Waals surface area contributed by atoms with Crippen LogP contribution < -0.4 is 0 Å². The van der Waals surface area contributed by atoms with Crippen LogP contribution >= 0.6 is 0 Å². The van der Waals surface area contributed by atoms with Crippen LogP contribution in [0.3, 0.4) is 0 Å². The Balaban J connectivity index is 2.00. The Hall–Kier alpha value is -0.170. The summed E-state index contributed by atoms with van der Waals surface area (Å²) >= 11 is 0. The van der Waals surface area contributed by atoms with E-state index >= 15 is 0 Å². The lowest BCUT2D eigenvalue weighted by molar-refractivity contribution is 0.0625. The maximum absolute atomic E-state index is 10.5. The fraction of sp³-hybridized carbons (Fsp3) is 1.00. The summed E-state index contributed by atoms with van der Waals surface area (Å²) in [6.07, 6.45) is 3.28. The summed E-state index contributed by atoms with van der Waals surface area (Å²) in [6, 6.07) is 0.834. The molecule has 0 saturated carbocycles. The van der Waals surface area contributed by atoms with Gasteiger partial charge in [-0.3, -0.25) is 4.55 Å². The first kappa shape index (κ1) is 10.4. The van der Waals surface area contributed by atoms with Crippen molar-refractivity contribution in [1.82, 2.24) is 4.90 Å². The van der Waals surface area contributed by atoms with Gasteiger partial charge in [0.05, 0.1) is 6.10 Å². The summed E-state index contributed by atoms with van der Waals surface area (Å²) in [6.45, 7) is 0. The molecule has 82 valence electrons. The van der Waals surface area contributed by atoms with E-state index in [-0.39, 0.29) is 6.10 Å². The lowest BCUT2D eigenvalue weighted by atomic mass is 10.0. The van der Waals surface area contributed by atoms with E-state index in [4.69, 9.17) is 4.55 Å². The Morgan fingerprint density at radius 2 is 1.79 bits per heavy atom. The predicted octanol–water partition coefficient (Wildman–Crippen LogP) is 0.431. The summed E-state index contributed by atoms with van der Waals surface area (Å²) in [5.74, 6) is 0. The van der Waals surface area contributed by atoms with Gasteiger partial charge in [0.1, 0.15) is 0 Å². The summed E-state index contributed by atoms with van der Waals surface area (Å²) < 4.78 is 34.2. The molecule has 2 saturated heterocycles. The lowest BCUT2D eigenvalue weighted by Crippen LogP contribution is -2.43. The van der Waals surface area contributed by atoms with E-state index in [1.54, 1.807) is 0 Å². The molecule has 2 heterocycles. The fourth-order valence-corrected chi connectivity index (χ4v) is 3.11. The number of hydrogen-bond donors (Lipinski definition) is 1. The minimum absolute atomic E-state index is 0.335. The highest BCUT2D eigenvalue weighted by Crippen LogP contribution is 2.35. The van der Waals surface area contributed by atoms with Gasteiger partial charge in [0.2, 0.25) is 0 Å². The van der Waals surface area contributed by atoms with Crippen molar-refractivity contribution in [1.29, 1.82) is 0 Å². The van der Waals surface area contributed by atoms with E-state index in [9.17, 15) is 8.42 Å². The van der Waals surface area contributed by atoms with Gasteiger partial charge in [-0.25, -0.2) is 4.18 Å². The molecular formula is C8H15NO4S. The van der Waals surface area contributed by atoms with Crippen LogP contribution in [0.15, 0.2) is 0 Å². The van der Waals surface area contributed by atoms with Crippen molar-refractivity contribution in [2.75, 3.05) is 7.05 Å². The average Bonchev–Trinajstić information content (AvgIpc) is 2.32. The van der Waals surface area contributed by atoms with Crippen LogP contribution in [0.5, 0.6) is 0 Å². The molecule has 0 spiro atoms. The highest BCUT2D eigenvalue weighted by molar-refractivity contribution is 7.80. The van der Waals surface area contributed by atoms with Crippen molar-refractivity contribution in [2.45, 2.75) is 43.9 Å². The van der Waals surface area contributed by atoms with Gasteiger partial charge in [0.15, 0.2) is 0 Å². The van der Waals surface area contributed by atoms with Crippen molar-refractivity contribution >= 4 is 10.4 Å². The molecule has 5 nitrogen and oxygen atoms in total. The van der Waals surface area contributed by atoms with E-state index in [0.717, 1.165) is 12.8 Å². The molecule has 0 aromatic heterocycles. The highest BCUT2D eigenvalue weighted by atomic mass is 32.3. The number of nitrogens with zero attached hydrogens (tertiary/aromatic N) is 1. The Labute approximate surface area is 84.0 Å². The number of rotatable bonds is 2. The fourth-order valence-electron chi connectivity index (χ4n) is 2.61. The SMILES string of the molecule is CN1C2CCC1CC(OS(=O)(=O)O)C2. The van der Waals surface area contributed by atoms with Crippen LogP contribution in [-0.4, -0.2) is 43.1 Å². The molecule has 0 radical (unpaired) electrons. The van der Waals surface area contributed by atoms with Gasteiger partial charge in [-0.2, -0.15) is 8.42 Å². The second-order valence-corrected chi connectivity index (χ2v) is 5.22. The quantitative estimate of drug-likeness (QED) is 0.685. The Morgan fingerprint density at radius 1 is 1.29 bits per heavy atom. The summed E-state index contributed by atoms with van der Waals surface area (Å²) in [4.78, 5) is 2.28. The molecule has 1 N–H and O–H groups in total. The molecule has 2 aliphatic heterocycles. The smallest absolute Gasteiger partial charge is 0.300 e. The number of fused-ring (bicyclic) bond motifs is 2. The largest absolute Gasteiger partial charge is 0.397 e. The summed E-state index contributed by atoms with van der Waals surface area (Å²) in [5.41, 5.74) is 0. The van der Waals surface area contributed by atoms with Crippen LogP contribution in [-0.2, 0) is 14.6 Å². The van der Waals surface area contributed by atoms with Gasteiger partial charge in [-0.05, 0) is 32.7 Å². The third-order valence-corrected chi connectivity index (χ3v) is 3.83. The molecule has 2 aliphatic rings. The molecule has 0 aromatic rings. The molecule has 6 heteroatoms. The van der Waals surface area contributed by atoms with Crippen LogP contribution in [0.1, 0.15) is 25.7 Å². The van der Waals surface area contributed by atoms with Crippen LogP contribution in [0, 0.1) is 0 Å². The average molecular weight is 221 g/mol. The standard InChI is InChI=1S/C8H15NO4S/c1-9-6-2-3-7(9)5-8(4-6)13-14(10,11)12/h6-8H,2-5H2,1H3,(H,10,11,12). The zero-order valence-electron chi connectivity index (χ0n) is 8.09. The normalized spacial score (nSPS) is 38.9. The Bertz CT molecular complexity index is 301.